The van der Waals surface area contributed by atoms with E-state index in [9.17, 15) is 9.59 Å². The van der Waals surface area contributed by atoms with Gasteiger partial charge < -0.3 is 19.7 Å². The number of carbonyl (C=O) groups is 2. The molecule has 2 heterocycles. The van der Waals surface area contributed by atoms with Crippen LogP contribution in [-0.4, -0.2) is 54.8 Å². The zero-order chi connectivity index (χ0) is 17.9. The molecular weight excluding hydrogens is 308 g/mol. The van der Waals surface area contributed by atoms with Crippen LogP contribution >= 0.6 is 0 Å². The number of nitrogens with one attached hydrogen (secondary N) is 1. The van der Waals surface area contributed by atoms with Gasteiger partial charge in [-0.15, -0.1) is 0 Å². The Balaban J connectivity index is 2.19. The number of alkyl carbamates (subject to hydrolysis) is 1. The maximum atomic E-state index is 13.2. The van der Waals surface area contributed by atoms with E-state index < -0.39 is 12.1 Å². The molecule has 0 radical (unpaired) electrons. The minimum Gasteiger partial charge on any atom is -0.453 e. The maximum absolute atomic E-state index is 13.2. The largest absolute Gasteiger partial charge is 0.453 e. The highest BCUT2D eigenvalue weighted by Gasteiger charge is 2.49. The Labute approximate surface area is 145 Å². The van der Waals surface area contributed by atoms with Crippen molar-refractivity contribution in [2.75, 3.05) is 20.3 Å². The number of ether oxygens (including phenoxy) is 2. The van der Waals surface area contributed by atoms with Gasteiger partial charge in [0.25, 0.3) is 0 Å². The van der Waals surface area contributed by atoms with E-state index >= 15 is 0 Å². The molecule has 0 aliphatic carbocycles. The van der Waals surface area contributed by atoms with Crippen molar-refractivity contribution in [1.29, 1.82) is 0 Å². The fourth-order valence-corrected chi connectivity index (χ4v) is 3.89. The molecule has 0 aromatic rings. The van der Waals surface area contributed by atoms with E-state index in [1.165, 1.54) is 7.11 Å². The lowest BCUT2D eigenvalue weighted by Crippen LogP contribution is -2.54. The highest BCUT2D eigenvalue weighted by Crippen LogP contribution is 2.40. The SMILES string of the molecule is COC(=O)N[C@H](C(=O)N1C[C@]2(CCCCO2)C[C@H]1C(C)C)C(C)C. The van der Waals surface area contributed by atoms with Crippen molar-refractivity contribution in [2.45, 2.75) is 71.1 Å². The third-order valence-corrected chi connectivity index (χ3v) is 5.32. The number of likely N-dealkylation sites (tertiary alicyclic amines) is 1. The highest BCUT2D eigenvalue weighted by molar-refractivity contribution is 5.86. The first-order chi connectivity index (χ1) is 11.3. The van der Waals surface area contributed by atoms with Crippen LogP contribution in [0.1, 0.15) is 53.4 Å². The molecule has 2 rings (SSSR count). The smallest absolute Gasteiger partial charge is 0.407 e. The molecular formula is C18H32N2O4. The number of carbonyl (C=O) groups excluding carboxylic acids is 2. The molecule has 0 saturated carbocycles. The fourth-order valence-electron chi connectivity index (χ4n) is 3.89. The van der Waals surface area contributed by atoms with Gasteiger partial charge in [0.05, 0.1) is 19.3 Å². The summed E-state index contributed by atoms with van der Waals surface area (Å²) in [5.74, 6) is 0.318. The van der Waals surface area contributed by atoms with Crippen LogP contribution in [0.4, 0.5) is 4.79 Å². The van der Waals surface area contributed by atoms with Crippen molar-refractivity contribution in [3.8, 4) is 0 Å². The van der Waals surface area contributed by atoms with Crippen LogP contribution in [-0.2, 0) is 14.3 Å². The second-order valence-corrected chi connectivity index (χ2v) is 7.83. The Bertz CT molecular complexity index is 458. The molecule has 3 atom stereocenters. The quantitative estimate of drug-likeness (QED) is 0.854. The summed E-state index contributed by atoms with van der Waals surface area (Å²) in [6, 6.07) is -0.422. The highest BCUT2D eigenvalue weighted by atomic mass is 16.5. The summed E-state index contributed by atoms with van der Waals surface area (Å²) >= 11 is 0. The zero-order valence-electron chi connectivity index (χ0n) is 15.6. The normalized spacial score (nSPS) is 28.5. The van der Waals surface area contributed by atoms with Crippen LogP contribution in [0.5, 0.6) is 0 Å². The summed E-state index contributed by atoms with van der Waals surface area (Å²) in [4.78, 5) is 26.7. The summed E-state index contributed by atoms with van der Waals surface area (Å²) in [7, 11) is 1.31. The van der Waals surface area contributed by atoms with E-state index in [1.54, 1.807) is 0 Å². The molecule has 0 aromatic heterocycles. The van der Waals surface area contributed by atoms with Crippen molar-refractivity contribution >= 4 is 12.0 Å². The van der Waals surface area contributed by atoms with Gasteiger partial charge in [0.2, 0.25) is 5.91 Å². The molecule has 6 nitrogen and oxygen atoms in total. The van der Waals surface area contributed by atoms with E-state index in [2.05, 4.69) is 23.9 Å². The van der Waals surface area contributed by atoms with Crippen LogP contribution in [0, 0.1) is 11.8 Å². The van der Waals surface area contributed by atoms with Gasteiger partial charge in [-0.1, -0.05) is 27.7 Å². The van der Waals surface area contributed by atoms with Gasteiger partial charge >= 0.3 is 6.09 Å². The van der Waals surface area contributed by atoms with Gasteiger partial charge in [0.15, 0.2) is 0 Å². The number of methoxy groups -OCH3 is 1. The standard InChI is InChI=1S/C18H32N2O4/c1-12(2)14-10-18(8-6-7-9-24-18)11-20(14)16(21)15(13(3)4)19-17(22)23-5/h12-15H,6-11H2,1-5H3,(H,19,22)/t14-,15-,18-/m0/s1. The molecule has 0 aromatic carbocycles. The first kappa shape index (κ1) is 19.0. The number of hydrogen-bond acceptors (Lipinski definition) is 4. The summed E-state index contributed by atoms with van der Waals surface area (Å²) in [6.07, 6.45) is 3.59. The van der Waals surface area contributed by atoms with Gasteiger partial charge in [-0.3, -0.25) is 4.79 Å². The number of hydrogen-bond donors (Lipinski definition) is 1. The van der Waals surface area contributed by atoms with Gasteiger partial charge in [0, 0.05) is 12.6 Å². The second-order valence-electron chi connectivity index (χ2n) is 7.83. The Morgan fingerprint density at radius 2 is 1.96 bits per heavy atom. The van der Waals surface area contributed by atoms with E-state index in [0.29, 0.717) is 12.5 Å². The monoisotopic (exact) mass is 340 g/mol. The molecule has 2 aliphatic heterocycles. The van der Waals surface area contributed by atoms with Crippen molar-refractivity contribution in [3.63, 3.8) is 0 Å². The van der Waals surface area contributed by atoms with Crippen LogP contribution in [0.25, 0.3) is 0 Å². The first-order valence-corrected chi connectivity index (χ1v) is 9.08. The molecule has 2 fully saturated rings. The van der Waals surface area contributed by atoms with Crippen molar-refractivity contribution in [2.24, 2.45) is 11.8 Å². The minimum atomic E-state index is -0.572. The Hall–Kier alpha value is -1.30. The molecule has 138 valence electrons. The van der Waals surface area contributed by atoms with Crippen LogP contribution in [0.2, 0.25) is 0 Å². The summed E-state index contributed by atoms with van der Waals surface area (Å²) < 4.78 is 10.8. The van der Waals surface area contributed by atoms with Crippen LogP contribution < -0.4 is 5.32 Å². The Morgan fingerprint density at radius 1 is 1.25 bits per heavy atom. The van der Waals surface area contributed by atoms with E-state index in [-0.39, 0.29) is 23.5 Å². The number of nitrogens with zero attached hydrogens (tertiary/aromatic N) is 1. The Kier molecular flexibility index (Phi) is 6.12. The number of amides is 2. The van der Waals surface area contributed by atoms with Crippen molar-refractivity contribution < 1.29 is 19.1 Å². The third kappa shape index (κ3) is 4.02. The topological polar surface area (TPSA) is 67.9 Å². The lowest BCUT2D eigenvalue weighted by atomic mass is 9.88. The predicted octanol–water partition coefficient (Wildman–Crippen LogP) is 2.56. The average Bonchev–Trinajstić information content (AvgIpc) is 2.91. The fraction of sp³-hybridized carbons (Fsp3) is 0.889. The Morgan fingerprint density at radius 3 is 2.46 bits per heavy atom. The summed E-state index contributed by atoms with van der Waals surface area (Å²) in [5, 5.41) is 2.70. The molecule has 1 N–H and O–H groups in total. The van der Waals surface area contributed by atoms with Gasteiger partial charge in [0.1, 0.15) is 6.04 Å². The van der Waals surface area contributed by atoms with Crippen molar-refractivity contribution in [3.05, 3.63) is 0 Å². The first-order valence-electron chi connectivity index (χ1n) is 9.08. The summed E-state index contributed by atoms with van der Waals surface area (Å²) in [6.45, 7) is 9.56. The molecule has 0 bridgehead atoms. The molecule has 1 spiro atoms. The molecule has 0 unspecified atom stereocenters. The minimum absolute atomic E-state index is 0.00626. The molecule has 2 aliphatic rings. The molecule has 2 amide bonds. The van der Waals surface area contributed by atoms with Gasteiger partial charge in [-0.25, -0.2) is 4.79 Å². The number of rotatable bonds is 4. The van der Waals surface area contributed by atoms with E-state index in [0.717, 1.165) is 32.3 Å². The zero-order valence-corrected chi connectivity index (χ0v) is 15.6. The van der Waals surface area contributed by atoms with Crippen LogP contribution in [0.3, 0.4) is 0 Å². The molecule has 24 heavy (non-hydrogen) atoms. The second kappa shape index (κ2) is 7.72. The maximum Gasteiger partial charge on any atom is 0.407 e. The molecule has 2 saturated heterocycles. The van der Waals surface area contributed by atoms with Crippen LogP contribution in [0.15, 0.2) is 0 Å². The summed E-state index contributed by atoms with van der Waals surface area (Å²) in [5.41, 5.74) is -0.199. The lowest BCUT2D eigenvalue weighted by Gasteiger charge is -2.34. The van der Waals surface area contributed by atoms with E-state index in [1.807, 2.05) is 18.7 Å². The average molecular weight is 340 g/mol. The van der Waals surface area contributed by atoms with Gasteiger partial charge in [-0.05, 0) is 37.5 Å². The van der Waals surface area contributed by atoms with Gasteiger partial charge in [-0.2, -0.15) is 0 Å². The predicted molar refractivity (Wildman–Crippen MR) is 91.7 cm³/mol. The van der Waals surface area contributed by atoms with Crippen molar-refractivity contribution in [1.82, 2.24) is 10.2 Å². The third-order valence-electron chi connectivity index (χ3n) is 5.32. The molecule has 6 heteroatoms. The lowest BCUT2D eigenvalue weighted by molar-refractivity contribution is -0.137. The van der Waals surface area contributed by atoms with E-state index in [4.69, 9.17) is 4.74 Å².